The van der Waals surface area contributed by atoms with E-state index < -0.39 is 5.97 Å². The standard InChI is InChI=1S/C21H18ClNO4/c1-12(2)13-3-5-14(6-4-13)20(24)23-15-7-8-17(22)16(11-15)18-9-10-19(27-18)21(25)26/h3-12H,1-2H3,(H,23,24)(H,25,26). The van der Waals surface area contributed by atoms with Gasteiger partial charge >= 0.3 is 5.97 Å². The predicted octanol–water partition coefficient (Wildman–Crippen LogP) is 5.67. The summed E-state index contributed by atoms with van der Waals surface area (Å²) in [6.07, 6.45) is 0. The molecule has 0 saturated heterocycles. The molecule has 0 spiro atoms. The summed E-state index contributed by atoms with van der Waals surface area (Å²) in [4.78, 5) is 23.5. The molecule has 0 unspecified atom stereocenters. The van der Waals surface area contributed by atoms with Crippen molar-refractivity contribution >= 4 is 29.2 Å². The molecular formula is C21H18ClNO4. The van der Waals surface area contributed by atoms with Gasteiger partial charge in [-0.15, -0.1) is 0 Å². The first-order valence-corrected chi connectivity index (χ1v) is 8.77. The summed E-state index contributed by atoms with van der Waals surface area (Å²) >= 11 is 6.20. The summed E-state index contributed by atoms with van der Waals surface area (Å²) in [5.41, 5.74) is 2.73. The van der Waals surface area contributed by atoms with Crippen molar-refractivity contribution in [2.75, 3.05) is 5.32 Å². The van der Waals surface area contributed by atoms with Gasteiger partial charge in [0.05, 0.1) is 5.02 Å². The Hall–Kier alpha value is -3.05. The minimum Gasteiger partial charge on any atom is -0.475 e. The molecule has 1 aromatic heterocycles. The van der Waals surface area contributed by atoms with Gasteiger partial charge in [-0.1, -0.05) is 37.6 Å². The van der Waals surface area contributed by atoms with Gasteiger partial charge in [0.25, 0.3) is 5.91 Å². The van der Waals surface area contributed by atoms with E-state index in [2.05, 4.69) is 19.2 Å². The van der Waals surface area contributed by atoms with Gasteiger partial charge < -0.3 is 14.8 Å². The van der Waals surface area contributed by atoms with Gasteiger partial charge in [0, 0.05) is 16.8 Å². The molecule has 3 aromatic rings. The monoisotopic (exact) mass is 383 g/mol. The quantitative estimate of drug-likeness (QED) is 0.594. The van der Waals surface area contributed by atoms with Gasteiger partial charge in [0.1, 0.15) is 5.76 Å². The number of nitrogens with one attached hydrogen (secondary N) is 1. The molecule has 1 amide bonds. The maximum Gasteiger partial charge on any atom is 0.371 e. The lowest BCUT2D eigenvalue weighted by Crippen LogP contribution is -2.12. The fraction of sp³-hybridized carbons (Fsp3) is 0.143. The summed E-state index contributed by atoms with van der Waals surface area (Å²) in [5, 5.41) is 12.2. The van der Waals surface area contributed by atoms with E-state index in [4.69, 9.17) is 21.1 Å². The normalized spacial score (nSPS) is 10.8. The maximum absolute atomic E-state index is 12.5. The molecule has 0 aliphatic heterocycles. The lowest BCUT2D eigenvalue weighted by molar-refractivity contribution is 0.0663. The molecule has 1 heterocycles. The van der Waals surface area contributed by atoms with Crippen molar-refractivity contribution in [1.82, 2.24) is 0 Å². The molecule has 0 aliphatic rings. The van der Waals surface area contributed by atoms with Crippen molar-refractivity contribution in [3.63, 3.8) is 0 Å². The third kappa shape index (κ3) is 4.20. The summed E-state index contributed by atoms with van der Waals surface area (Å²) in [7, 11) is 0. The molecule has 0 aliphatic carbocycles. The smallest absolute Gasteiger partial charge is 0.371 e. The van der Waals surface area contributed by atoms with Crippen molar-refractivity contribution in [2.45, 2.75) is 19.8 Å². The van der Waals surface area contributed by atoms with Crippen LogP contribution in [-0.2, 0) is 0 Å². The van der Waals surface area contributed by atoms with Gasteiger partial charge in [-0.3, -0.25) is 4.79 Å². The number of carbonyl (C=O) groups excluding carboxylic acids is 1. The van der Waals surface area contributed by atoms with Crippen molar-refractivity contribution in [3.05, 3.63) is 76.5 Å². The Bertz CT molecular complexity index is 990. The van der Waals surface area contributed by atoms with Crippen LogP contribution < -0.4 is 5.32 Å². The molecule has 0 bridgehead atoms. The summed E-state index contributed by atoms with van der Waals surface area (Å²) in [6.45, 7) is 4.18. The molecule has 3 rings (SSSR count). The van der Waals surface area contributed by atoms with Crippen molar-refractivity contribution < 1.29 is 19.1 Å². The minimum atomic E-state index is -1.16. The zero-order chi connectivity index (χ0) is 19.6. The Balaban J connectivity index is 1.83. The number of halogens is 1. The summed E-state index contributed by atoms with van der Waals surface area (Å²) in [5.74, 6) is -0.878. The largest absolute Gasteiger partial charge is 0.475 e. The Morgan fingerprint density at radius 3 is 2.33 bits per heavy atom. The fourth-order valence-corrected chi connectivity index (χ4v) is 2.82. The van der Waals surface area contributed by atoms with E-state index in [0.717, 1.165) is 5.56 Å². The van der Waals surface area contributed by atoms with Crippen molar-refractivity contribution in [2.24, 2.45) is 0 Å². The van der Waals surface area contributed by atoms with Crippen LogP contribution in [0.25, 0.3) is 11.3 Å². The average molecular weight is 384 g/mol. The Labute approximate surface area is 161 Å². The zero-order valence-electron chi connectivity index (χ0n) is 14.8. The van der Waals surface area contributed by atoms with Crippen molar-refractivity contribution in [1.29, 1.82) is 0 Å². The van der Waals surface area contributed by atoms with Gasteiger partial charge in [-0.2, -0.15) is 0 Å². The minimum absolute atomic E-state index is 0.180. The van der Waals surface area contributed by atoms with Crippen LogP contribution in [0.4, 0.5) is 5.69 Å². The zero-order valence-corrected chi connectivity index (χ0v) is 15.6. The van der Waals surface area contributed by atoms with Crippen LogP contribution in [0.5, 0.6) is 0 Å². The average Bonchev–Trinajstić information content (AvgIpc) is 3.13. The van der Waals surface area contributed by atoms with E-state index in [9.17, 15) is 9.59 Å². The van der Waals surface area contributed by atoms with Crippen molar-refractivity contribution in [3.8, 4) is 11.3 Å². The van der Waals surface area contributed by atoms with Crippen LogP contribution in [-0.4, -0.2) is 17.0 Å². The molecule has 138 valence electrons. The van der Waals surface area contributed by atoms with E-state index in [0.29, 0.717) is 33.5 Å². The van der Waals surface area contributed by atoms with Gasteiger partial charge in [0.15, 0.2) is 0 Å². The lowest BCUT2D eigenvalue weighted by atomic mass is 10.0. The van der Waals surface area contributed by atoms with Crippen LogP contribution in [0.15, 0.2) is 59.0 Å². The first-order chi connectivity index (χ1) is 12.8. The lowest BCUT2D eigenvalue weighted by Gasteiger charge is -2.09. The number of aromatic carboxylic acids is 1. The summed E-state index contributed by atoms with van der Waals surface area (Å²) < 4.78 is 5.30. The first-order valence-electron chi connectivity index (χ1n) is 8.39. The van der Waals surface area contributed by atoms with Crippen LogP contribution >= 0.6 is 11.6 Å². The summed E-state index contributed by atoms with van der Waals surface area (Å²) in [6, 6.07) is 15.3. The molecule has 2 N–H and O–H groups in total. The number of hydrogen-bond donors (Lipinski definition) is 2. The molecular weight excluding hydrogens is 366 g/mol. The van der Waals surface area contributed by atoms with Gasteiger partial charge in [0.2, 0.25) is 5.76 Å². The van der Waals surface area contributed by atoms with E-state index in [-0.39, 0.29) is 11.7 Å². The highest BCUT2D eigenvalue weighted by Gasteiger charge is 2.14. The molecule has 0 radical (unpaired) electrons. The number of carboxylic acid groups (broad SMARTS) is 1. The van der Waals surface area contributed by atoms with Crippen LogP contribution in [0, 0.1) is 0 Å². The number of carbonyl (C=O) groups is 2. The molecule has 0 fully saturated rings. The highest BCUT2D eigenvalue weighted by molar-refractivity contribution is 6.33. The van der Waals surface area contributed by atoms with E-state index >= 15 is 0 Å². The molecule has 6 heteroatoms. The topological polar surface area (TPSA) is 79.5 Å². The third-order valence-electron chi connectivity index (χ3n) is 4.15. The maximum atomic E-state index is 12.5. The second-order valence-electron chi connectivity index (χ2n) is 6.39. The number of anilines is 1. The fourth-order valence-electron chi connectivity index (χ4n) is 2.61. The number of benzene rings is 2. The number of amides is 1. The number of rotatable bonds is 5. The first kappa shape index (κ1) is 18.7. The highest BCUT2D eigenvalue weighted by atomic mass is 35.5. The molecule has 5 nitrogen and oxygen atoms in total. The van der Waals surface area contributed by atoms with E-state index in [1.165, 1.54) is 12.1 Å². The van der Waals surface area contributed by atoms with E-state index in [1.807, 2.05) is 12.1 Å². The number of carboxylic acids is 1. The Morgan fingerprint density at radius 2 is 1.74 bits per heavy atom. The van der Waals surface area contributed by atoms with Crippen LogP contribution in [0.2, 0.25) is 5.02 Å². The number of hydrogen-bond acceptors (Lipinski definition) is 3. The van der Waals surface area contributed by atoms with E-state index in [1.54, 1.807) is 30.3 Å². The molecule has 2 aromatic carbocycles. The Morgan fingerprint density at radius 1 is 1.04 bits per heavy atom. The van der Waals surface area contributed by atoms with Gasteiger partial charge in [-0.25, -0.2) is 4.79 Å². The SMILES string of the molecule is CC(C)c1ccc(C(=O)Nc2ccc(Cl)c(-c3ccc(C(=O)O)o3)c2)cc1. The Kier molecular flexibility index (Phi) is 5.33. The molecule has 0 saturated carbocycles. The van der Waals surface area contributed by atoms with Crippen LogP contribution in [0.3, 0.4) is 0 Å². The second-order valence-corrected chi connectivity index (χ2v) is 6.80. The van der Waals surface area contributed by atoms with Gasteiger partial charge in [-0.05, 0) is 53.9 Å². The second kappa shape index (κ2) is 7.68. The predicted molar refractivity (Wildman–Crippen MR) is 105 cm³/mol. The highest BCUT2D eigenvalue weighted by Crippen LogP contribution is 2.32. The number of furan rings is 1. The molecule has 27 heavy (non-hydrogen) atoms. The van der Waals surface area contributed by atoms with Crippen LogP contribution in [0.1, 0.15) is 46.2 Å². The third-order valence-corrected chi connectivity index (χ3v) is 4.48. The molecule has 0 atom stereocenters.